The van der Waals surface area contributed by atoms with Crippen LogP contribution in [0.25, 0.3) is 0 Å². The van der Waals surface area contributed by atoms with E-state index in [1.54, 1.807) is 0 Å². The first-order valence-corrected chi connectivity index (χ1v) is 7.71. The molecule has 1 fully saturated rings. The van der Waals surface area contributed by atoms with Gasteiger partial charge in [0.1, 0.15) is 4.90 Å². The van der Waals surface area contributed by atoms with Crippen molar-refractivity contribution in [1.82, 2.24) is 14.9 Å². The minimum absolute atomic E-state index is 0.137. The summed E-state index contributed by atoms with van der Waals surface area (Å²) in [4.78, 5) is 0.152. The molecule has 102 valence electrons. The lowest BCUT2D eigenvalue weighted by molar-refractivity contribution is 0.136. The van der Waals surface area contributed by atoms with Gasteiger partial charge in [0.15, 0.2) is 0 Å². The third kappa shape index (κ3) is 3.09. The molecule has 0 spiro atoms. The van der Waals surface area contributed by atoms with Crippen molar-refractivity contribution in [3.63, 3.8) is 0 Å². The van der Waals surface area contributed by atoms with E-state index in [0.717, 1.165) is 25.7 Å². The van der Waals surface area contributed by atoms with Crippen LogP contribution >= 0.6 is 0 Å². The molecule has 0 amide bonds. The molecule has 3 N–H and O–H groups in total. The average molecular weight is 273 g/mol. The van der Waals surface area contributed by atoms with Crippen molar-refractivity contribution in [2.24, 2.45) is 11.8 Å². The highest BCUT2D eigenvalue weighted by Gasteiger charge is 2.26. The fraction of sp³-hybridized carbons (Fsp3) is 0.727. The normalized spacial score (nSPS) is 25.2. The average Bonchev–Trinajstić information content (AvgIpc) is 2.91. The fourth-order valence-corrected chi connectivity index (χ4v) is 3.48. The Morgan fingerprint density at radius 3 is 2.72 bits per heavy atom. The molecular formula is C11H19N3O3S. The van der Waals surface area contributed by atoms with E-state index >= 15 is 0 Å². The van der Waals surface area contributed by atoms with Gasteiger partial charge >= 0.3 is 0 Å². The maximum atomic E-state index is 11.9. The Labute approximate surface area is 107 Å². The minimum atomic E-state index is -3.47. The lowest BCUT2D eigenvalue weighted by Gasteiger charge is -2.30. The van der Waals surface area contributed by atoms with E-state index in [2.05, 4.69) is 14.9 Å². The zero-order valence-corrected chi connectivity index (χ0v) is 11.0. The number of nitrogens with one attached hydrogen (secondary N) is 2. The molecule has 1 saturated carbocycles. The maximum Gasteiger partial charge on any atom is 0.243 e. The molecule has 1 aromatic rings. The Morgan fingerprint density at radius 2 is 2.11 bits per heavy atom. The Kier molecular flexibility index (Phi) is 4.36. The Morgan fingerprint density at radius 1 is 1.39 bits per heavy atom. The van der Waals surface area contributed by atoms with Crippen molar-refractivity contribution in [3.8, 4) is 0 Å². The third-order valence-electron chi connectivity index (χ3n) is 3.62. The fourth-order valence-electron chi connectivity index (χ4n) is 2.48. The second-order valence-corrected chi connectivity index (χ2v) is 6.54. The first-order chi connectivity index (χ1) is 8.63. The number of aromatic nitrogens is 2. The van der Waals surface area contributed by atoms with Crippen LogP contribution in [0.2, 0.25) is 0 Å². The summed E-state index contributed by atoms with van der Waals surface area (Å²) in [6, 6.07) is 0. The summed E-state index contributed by atoms with van der Waals surface area (Å²) in [6.45, 7) is 0.525. The molecule has 0 aromatic carbocycles. The highest BCUT2D eigenvalue weighted by atomic mass is 32.2. The standard InChI is InChI=1S/C11H19N3O3S/c15-8-10-4-2-1-3-9(10)5-14-18(16,17)11-6-12-13-7-11/h6-7,9-10,14-15H,1-5,8H2,(H,12,13). The van der Waals surface area contributed by atoms with Crippen molar-refractivity contribution >= 4 is 10.0 Å². The number of aliphatic hydroxyl groups excluding tert-OH is 1. The van der Waals surface area contributed by atoms with Gasteiger partial charge in [-0.1, -0.05) is 12.8 Å². The molecule has 0 bridgehead atoms. The second kappa shape index (κ2) is 5.81. The number of hydrogen-bond donors (Lipinski definition) is 3. The van der Waals surface area contributed by atoms with E-state index in [1.807, 2.05) is 0 Å². The van der Waals surface area contributed by atoms with Crippen molar-refractivity contribution in [2.75, 3.05) is 13.2 Å². The van der Waals surface area contributed by atoms with Crippen molar-refractivity contribution in [2.45, 2.75) is 30.6 Å². The van der Waals surface area contributed by atoms with Gasteiger partial charge in [-0.3, -0.25) is 5.10 Å². The molecule has 1 aliphatic carbocycles. The predicted octanol–water partition coefficient (Wildman–Crippen LogP) is 0.487. The quantitative estimate of drug-likeness (QED) is 0.727. The van der Waals surface area contributed by atoms with Crippen molar-refractivity contribution in [1.29, 1.82) is 0 Å². The molecule has 2 atom stereocenters. The zero-order chi connectivity index (χ0) is 13.0. The van der Waals surface area contributed by atoms with E-state index in [1.165, 1.54) is 12.4 Å². The van der Waals surface area contributed by atoms with Gasteiger partial charge in [-0.25, -0.2) is 13.1 Å². The number of sulfonamides is 1. The van der Waals surface area contributed by atoms with Crippen LogP contribution in [-0.4, -0.2) is 36.9 Å². The molecule has 0 saturated heterocycles. The largest absolute Gasteiger partial charge is 0.396 e. The first-order valence-electron chi connectivity index (χ1n) is 6.23. The van der Waals surface area contributed by atoms with Gasteiger partial charge in [-0.05, 0) is 24.7 Å². The zero-order valence-electron chi connectivity index (χ0n) is 10.2. The lowest BCUT2D eigenvalue weighted by atomic mass is 9.80. The SMILES string of the molecule is O=S(=O)(NCC1CCCCC1CO)c1cn[nH]c1. The molecule has 2 rings (SSSR count). The molecular weight excluding hydrogens is 254 g/mol. The first kappa shape index (κ1) is 13.5. The number of rotatable bonds is 5. The summed E-state index contributed by atoms with van der Waals surface area (Å²) in [7, 11) is -3.47. The smallest absolute Gasteiger partial charge is 0.243 e. The van der Waals surface area contributed by atoms with Crippen LogP contribution in [0.4, 0.5) is 0 Å². The van der Waals surface area contributed by atoms with Crippen LogP contribution < -0.4 is 4.72 Å². The monoisotopic (exact) mass is 273 g/mol. The predicted molar refractivity (Wildman–Crippen MR) is 66.3 cm³/mol. The van der Waals surface area contributed by atoms with Gasteiger partial charge in [0.2, 0.25) is 10.0 Å². The Bertz CT molecular complexity index is 458. The van der Waals surface area contributed by atoms with E-state index in [-0.39, 0.29) is 23.3 Å². The molecule has 2 unspecified atom stereocenters. The third-order valence-corrected chi connectivity index (χ3v) is 5.01. The summed E-state index contributed by atoms with van der Waals surface area (Å²) < 4.78 is 26.4. The van der Waals surface area contributed by atoms with Crippen molar-refractivity contribution < 1.29 is 13.5 Å². The van der Waals surface area contributed by atoms with Crippen LogP contribution in [0.1, 0.15) is 25.7 Å². The van der Waals surface area contributed by atoms with E-state index in [4.69, 9.17) is 0 Å². The summed E-state index contributed by atoms with van der Waals surface area (Å²) >= 11 is 0. The Balaban J connectivity index is 1.94. The number of aliphatic hydroxyl groups is 1. The lowest BCUT2D eigenvalue weighted by Crippen LogP contribution is -2.35. The van der Waals surface area contributed by atoms with Crippen molar-refractivity contribution in [3.05, 3.63) is 12.4 Å². The molecule has 1 aromatic heterocycles. The highest BCUT2D eigenvalue weighted by molar-refractivity contribution is 7.89. The Hall–Kier alpha value is -0.920. The molecule has 1 aliphatic rings. The van der Waals surface area contributed by atoms with E-state index in [9.17, 15) is 13.5 Å². The number of hydrogen-bond acceptors (Lipinski definition) is 4. The number of H-pyrrole nitrogens is 1. The topological polar surface area (TPSA) is 95.1 Å². The molecule has 7 heteroatoms. The summed E-state index contributed by atoms with van der Waals surface area (Å²) in [6.07, 6.45) is 6.82. The molecule has 0 radical (unpaired) electrons. The maximum absolute atomic E-state index is 11.9. The van der Waals surface area contributed by atoms with Gasteiger partial charge in [0, 0.05) is 19.3 Å². The molecule has 18 heavy (non-hydrogen) atoms. The summed E-state index contributed by atoms with van der Waals surface area (Å²) in [5.74, 6) is 0.441. The van der Waals surface area contributed by atoms with E-state index < -0.39 is 10.0 Å². The highest BCUT2D eigenvalue weighted by Crippen LogP contribution is 2.29. The van der Waals surface area contributed by atoms with Crippen LogP contribution in [-0.2, 0) is 10.0 Å². The van der Waals surface area contributed by atoms with Crippen LogP contribution in [0.15, 0.2) is 17.3 Å². The molecule has 0 aliphatic heterocycles. The summed E-state index contributed by atoms with van der Waals surface area (Å²) in [5.41, 5.74) is 0. The summed E-state index contributed by atoms with van der Waals surface area (Å²) in [5, 5.41) is 15.4. The van der Waals surface area contributed by atoms with Gasteiger partial charge in [-0.2, -0.15) is 5.10 Å². The van der Waals surface area contributed by atoms with E-state index in [0.29, 0.717) is 6.54 Å². The molecule has 1 heterocycles. The van der Waals surface area contributed by atoms with Gasteiger partial charge in [-0.15, -0.1) is 0 Å². The number of nitrogens with zero attached hydrogens (tertiary/aromatic N) is 1. The number of aromatic amines is 1. The van der Waals surface area contributed by atoms with Gasteiger partial charge in [0.05, 0.1) is 6.20 Å². The van der Waals surface area contributed by atoms with Crippen LogP contribution in [0.3, 0.4) is 0 Å². The van der Waals surface area contributed by atoms with Gasteiger partial charge in [0.25, 0.3) is 0 Å². The minimum Gasteiger partial charge on any atom is -0.396 e. The van der Waals surface area contributed by atoms with Gasteiger partial charge < -0.3 is 5.11 Å². The van der Waals surface area contributed by atoms with Crippen LogP contribution in [0, 0.1) is 11.8 Å². The molecule has 6 nitrogen and oxygen atoms in total. The second-order valence-electron chi connectivity index (χ2n) is 4.77. The van der Waals surface area contributed by atoms with Crippen LogP contribution in [0.5, 0.6) is 0 Å².